The van der Waals surface area contributed by atoms with Crippen molar-refractivity contribution in [3.63, 3.8) is 0 Å². The van der Waals surface area contributed by atoms with Gasteiger partial charge in [0.15, 0.2) is 21.3 Å². The lowest BCUT2D eigenvalue weighted by atomic mass is 9.95. The molecule has 0 saturated heterocycles. The van der Waals surface area contributed by atoms with E-state index in [-0.39, 0.29) is 46.2 Å². The van der Waals surface area contributed by atoms with Crippen LogP contribution >= 0.6 is 0 Å². The van der Waals surface area contributed by atoms with Crippen molar-refractivity contribution in [1.82, 2.24) is 24.3 Å². The smallest absolute Gasteiger partial charge is 0.310 e. The first kappa shape index (κ1) is 22.6. The van der Waals surface area contributed by atoms with Gasteiger partial charge in [-0.15, -0.1) is 0 Å². The van der Waals surface area contributed by atoms with Crippen molar-refractivity contribution in [2.45, 2.75) is 43.6 Å². The van der Waals surface area contributed by atoms with Crippen LogP contribution in [0.2, 0.25) is 0 Å². The molecule has 0 amide bonds. The molecule has 0 radical (unpaired) electrons. The average Bonchev–Trinajstić information content (AvgIpc) is 3.24. The predicted molar refractivity (Wildman–Crippen MR) is 100 cm³/mol. The fraction of sp³-hybridized carbons (Fsp3) is 0.500. The number of imidazole rings is 1. The SMILES string of the molecule is CCS(=O)(=O)c1c(-c2nc3cc(C(F)(F)F)cnc3n2C)nn2c1CC(C(F)(F)F)CC2. The number of sulfone groups is 1. The third-order valence-electron chi connectivity index (χ3n) is 5.54. The Morgan fingerprint density at radius 3 is 2.47 bits per heavy atom. The van der Waals surface area contributed by atoms with E-state index in [1.54, 1.807) is 0 Å². The van der Waals surface area contributed by atoms with Gasteiger partial charge in [0, 0.05) is 26.2 Å². The zero-order chi connectivity index (χ0) is 23.6. The summed E-state index contributed by atoms with van der Waals surface area (Å²) in [5.74, 6) is -2.21. The summed E-state index contributed by atoms with van der Waals surface area (Å²) >= 11 is 0. The Balaban J connectivity index is 1.94. The van der Waals surface area contributed by atoms with Gasteiger partial charge in [-0.25, -0.2) is 18.4 Å². The number of nitrogens with zero attached hydrogens (tertiary/aromatic N) is 5. The van der Waals surface area contributed by atoms with Gasteiger partial charge in [-0.3, -0.25) is 4.68 Å². The van der Waals surface area contributed by atoms with Crippen LogP contribution in [0, 0.1) is 5.92 Å². The summed E-state index contributed by atoms with van der Waals surface area (Å²) in [5.41, 5.74) is -1.40. The van der Waals surface area contributed by atoms with Crippen LogP contribution in [-0.2, 0) is 36.0 Å². The zero-order valence-corrected chi connectivity index (χ0v) is 17.6. The average molecular weight is 481 g/mol. The van der Waals surface area contributed by atoms with Crippen molar-refractivity contribution in [1.29, 1.82) is 0 Å². The topological polar surface area (TPSA) is 82.7 Å². The zero-order valence-electron chi connectivity index (χ0n) is 16.8. The quantitative estimate of drug-likeness (QED) is 0.532. The van der Waals surface area contributed by atoms with E-state index < -0.39 is 45.8 Å². The van der Waals surface area contributed by atoms with Gasteiger partial charge in [0.2, 0.25) is 0 Å². The molecule has 32 heavy (non-hydrogen) atoms. The molecule has 174 valence electrons. The highest BCUT2D eigenvalue weighted by Crippen LogP contribution is 2.40. The largest absolute Gasteiger partial charge is 0.417 e. The van der Waals surface area contributed by atoms with E-state index in [0.717, 1.165) is 6.07 Å². The highest BCUT2D eigenvalue weighted by molar-refractivity contribution is 7.91. The number of rotatable bonds is 3. The minimum absolute atomic E-state index is 0.0481. The van der Waals surface area contributed by atoms with Crippen LogP contribution in [0.5, 0.6) is 0 Å². The summed E-state index contributed by atoms with van der Waals surface area (Å²) < 4.78 is 107. The standard InChI is InChI=1S/C18H17F6N5O2S/c1-3-32(30,31)14-12-7-9(17(19,20)21)4-5-29(12)27-13(14)16-26-11-6-10(18(22,23)24)8-25-15(11)28(16)2/h6,8-9H,3-5,7H2,1-2H3. The van der Waals surface area contributed by atoms with Crippen molar-refractivity contribution >= 4 is 21.0 Å². The van der Waals surface area contributed by atoms with Gasteiger partial charge in [0.05, 0.1) is 22.9 Å². The lowest BCUT2D eigenvalue weighted by Crippen LogP contribution is -2.32. The Morgan fingerprint density at radius 1 is 1.19 bits per heavy atom. The molecule has 1 aliphatic heterocycles. The highest BCUT2D eigenvalue weighted by atomic mass is 32.2. The van der Waals surface area contributed by atoms with E-state index in [4.69, 9.17) is 0 Å². The number of pyridine rings is 1. The molecule has 0 aliphatic carbocycles. The first-order valence-corrected chi connectivity index (χ1v) is 11.2. The minimum Gasteiger partial charge on any atom is -0.310 e. The molecule has 1 unspecified atom stereocenters. The Hall–Kier alpha value is -2.64. The van der Waals surface area contributed by atoms with E-state index in [1.807, 2.05) is 0 Å². The van der Waals surface area contributed by atoms with Crippen molar-refractivity contribution in [3.05, 3.63) is 23.5 Å². The van der Waals surface area contributed by atoms with Gasteiger partial charge in [0.25, 0.3) is 0 Å². The normalized spacial score (nSPS) is 17.7. The summed E-state index contributed by atoms with van der Waals surface area (Å²) in [7, 11) is -2.61. The van der Waals surface area contributed by atoms with Crippen LogP contribution in [0.1, 0.15) is 24.6 Å². The minimum atomic E-state index is -4.66. The Morgan fingerprint density at radius 2 is 1.88 bits per heavy atom. The van der Waals surface area contributed by atoms with E-state index in [2.05, 4.69) is 15.1 Å². The van der Waals surface area contributed by atoms with Gasteiger partial charge < -0.3 is 4.57 Å². The van der Waals surface area contributed by atoms with Gasteiger partial charge in [-0.2, -0.15) is 31.4 Å². The van der Waals surface area contributed by atoms with Gasteiger partial charge in [-0.1, -0.05) is 6.92 Å². The van der Waals surface area contributed by atoms with Gasteiger partial charge in [-0.05, 0) is 12.5 Å². The fourth-order valence-corrected chi connectivity index (χ4v) is 5.08. The maximum absolute atomic E-state index is 13.3. The molecule has 4 heterocycles. The van der Waals surface area contributed by atoms with Crippen LogP contribution in [0.3, 0.4) is 0 Å². The second-order valence-corrected chi connectivity index (χ2v) is 9.76. The van der Waals surface area contributed by atoms with Crippen molar-refractivity contribution in [3.8, 4) is 11.5 Å². The number of halogens is 6. The summed E-state index contributed by atoms with van der Waals surface area (Å²) in [6, 6.07) is 0.773. The van der Waals surface area contributed by atoms with Crippen molar-refractivity contribution < 1.29 is 34.8 Å². The molecule has 0 aromatic carbocycles. The summed E-state index contributed by atoms with van der Waals surface area (Å²) in [6.07, 6.45) is -9.36. The third kappa shape index (κ3) is 3.63. The molecule has 4 rings (SSSR count). The predicted octanol–water partition coefficient (Wildman–Crippen LogP) is 3.77. The monoisotopic (exact) mass is 481 g/mol. The number of aromatic nitrogens is 5. The highest BCUT2D eigenvalue weighted by Gasteiger charge is 2.44. The summed E-state index contributed by atoms with van der Waals surface area (Å²) in [6.45, 7) is 1.20. The molecule has 0 saturated carbocycles. The maximum Gasteiger partial charge on any atom is 0.417 e. The van der Waals surface area contributed by atoms with Crippen LogP contribution < -0.4 is 0 Å². The van der Waals surface area contributed by atoms with Crippen LogP contribution in [0.15, 0.2) is 17.2 Å². The number of hydrogen-bond donors (Lipinski definition) is 0. The second-order valence-electron chi connectivity index (χ2n) is 7.54. The van der Waals surface area contributed by atoms with Crippen LogP contribution in [0.25, 0.3) is 22.7 Å². The fourth-order valence-electron chi connectivity index (χ4n) is 3.82. The molecule has 14 heteroatoms. The van der Waals surface area contributed by atoms with Gasteiger partial charge in [0.1, 0.15) is 16.1 Å². The molecule has 3 aromatic rings. The number of alkyl halides is 6. The molecular formula is C18H17F6N5O2S. The molecule has 1 aliphatic rings. The summed E-state index contributed by atoms with van der Waals surface area (Å²) in [5, 5.41) is 4.22. The molecule has 1 atom stereocenters. The molecule has 0 spiro atoms. The summed E-state index contributed by atoms with van der Waals surface area (Å²) in [4.78, 5) is 7.52. The van der Waals surface area contributed by atoms with E-state index in [9.17, 15) is 34.8 Å². The van der Waals surface area contributed by atoms with Crippen molar-refractivity contribution in [2.75, 3.05) is 5.75 Å². The lowest BCUT2D eigenvalue weighted by Gasteiger charge is -2.25. The van der Waals surface area contributed by atoms with Crippen molar-refractivity contribution in [2.24, 2.45) is 13.0 Å². The molecule has 3 aromatic heterocycles. The Labute approximate surface area is 178 Å². The molecule has 7 nitrogen and oxygen atoms in total. The van der Waals surface area contributed by atoms with Crippen LogP contribution in [0.4, 0.5) is 26.3 Å². The maximum atomic E-state index is 13.3. The van der Waals surface area contributed by atoms with E-state index in [1.165, 1.54) is 23.2 Å². The molecule has 0 bridgehead atoms. The van der Waals surface area contributed by atoms with E-state index in [0.29, 0.717) is 6.20 Å². The number of fused-ring (bicyclic) bond motifs is 2. The third-order valence-corrected chi connectivity index (χ3v) is 7.35. The Bertz CT molecular complexity index is 1310. The van der Waals surface area contributed by atoms with E-state index >= 15 is 0 Å². The molecule has 0 fully saturated rings. The molecular weight excluding hydrogens is 464 g/mol. The van der Waals surface area contributed by atoms with Gasteiger partial charge >= 0.3 is 12.4 Å². The Kier molecular flexibility index (Phi) is 5.06. The first-order chi connectivity index (χ1) is 14.7. The number of aryl methyl sites for hydroxylation is 2. The lowest BCUT2D eigenvalue weighted by molar-refractivity contribution is -0.179. The second kappa shape index (κ2) is 7.18. The molecule has 0 N–H and O–H groups in total. The first-order valence-electron chi connectivity index (χ1n) is 9.53. The van der Waals surface area contributed by atoms with Crippen LogP contribution in [-0.4, -0.2) is 44.7 Å². The number of hydrogen-bond acceptors (Lipinski definition) is 5.